The molecule has 1 heterocycles. The van der Waals surface area contributed by atoms with Crippen LogP contribution in [0, 0.1) is 0 Å². The van der Waals surface area contributed by atoms with Crippen molar-refractivity contribution in [1.82, 2.24) is 0 Å². The van der Waals surface area contributed by atoms with Crippen LogP contribution in [0.3, 0.4) is 0 Å². The summed E-state index contributed by atoms with van der Waals surface area (Å²) in [7, 11) is 0. The SMILES string of the molecule is CCOCC(CO)(C(=O)OCC)c1ccccc1.O=CCc1ccc(NC(=O)CC2=C(C3=CC=C(C(F)(F)F)CC=C3)CC=CC=C2)c(N2CCCCC2)c1. The van der Waals surface area contributed by atoms with E-state index < -0.39 is 23.1 Å². The molecule has 2 aromatic rings. The first kappa shape index (κ1) is 42.7. The predicted octanol–water partition coefficient (Wildman–Crippen LogP) is 8.45. The van der Waals surface area contributed by atoms with Gasteiger partial charge in [0.2, 0.25) is 5.91 Å². The first-order valence-corrected chi connectivity index (χ1v) is 18.8. The Kier molecular flexibility index (Phi) is 16.5. The first-order valence-electron chi connectivity index (χ1n) is 18.8. The third-order valence-electron chi connectivity index (χ3n) is 9.58. The van der Waals surface area contributed by atoms with Crippen LogP contribution in [0.2, 0.25) is 0 Å². The summed E-state index contributed by atoms with van der Waals surface area (Å²) in [6, 6.07) is 14.8. The number of anilines is 2. The fourth-order valence-corrected chi connectivity index (χ4v) is 6.61. The number of ether oxygens (including phenoxy) is 2. The average Bonchev–Trinajstić information content (AvgIpc) is 3.58. The quantitative estimate of drug-likeness (QED) is 0.147. The molecule has 1 atom stereocenters. The Balaban J connectivity index is 0.000000314. The summed E-state index contributed by atoms with van der Waals surface area (Å²) in [6.07, 6.45) is 13.9. The Labute approximate surface area is 321 Å². The Hall–Kier alpha value is -5.00. The van der Waals surface area contributed by atoms with Crippen molar-refractivity contribution in [2.45, 2.75) is 70.4 Å². The van der Waals surface area contributed by atoms with Gasteiger partial charge in [-0.15, -0.1) is 0 Å². The summed E-state index contributed by atoms with van der Waals surface area (Å²) >= 11 is 0. The van der Waals surface area contributed by atoms with E-state index in [9.17, 15) is 32.7 Å². The van der Waals surface area contributed by atoms with E-state index in [-0.39, 0.29) is 38.6 Å². The third kappa shape index (κ3) is 12.0. The van der Waals surface area contributed by atoms with E-state index in [2.05, 4.69) is 10.2 Å². The number of esters is 1. The van der Waals surface area contributed by atoms with Crippen molar-refractivity contribution in [3.8, 4) is 0 Å². The second-order valence-electron chi connectivity index (χ2n) is 13.4. The second-order valence-corrected chi connectivity index (χ2v) is 13.4. The van der Waals surface area contributed by atoms with Crippen molar-refractivity contribution in [3.63, 3.8) is 0 Å². The lowest BCUT2D eigenvalue weighted by Gasteiger charge is -2.31. The number of nitrogens with one attached hydrogen (secondary N) is 1. The Morgan fingerprint density at radius 3 is 2.36 bits per heavy atom. The summed E-state index contributed by atoms with van der Waals surface area (Å²) < 4.78 is 50.0. The predicted molar refractivity (Wildman–Crippen MR) is 210 cm³/mol. The van der Waals surface area contributed by atoms with Gasteiger partial charge in [-0.3, -0.25) is 9.59 Å². The largest absolute Gasteiger partial charge is 0.465 e. The van der Waals surface area contributed by atoms with Gasteiger partial charge in [0.1, 0.15) is 11.7 Å². The number of carbonyl (C=O) groups is 3. The highest BCUT2D eigenvalue weighted by molar-refractivity contribution is 5.96. The molecule has 0 aromatic heterocycles. The van der Waals surface area contributed by atoms with Crippen LogP contribution in [0.4, 0.5) is 24.5 Å². The maximum absolute atomic E-state index is 13.2. The number of rotatable bonds is 14. The molecule has 1 saturated heterocycles. The molecule has 8 nitrogen and oxygen atoms in total. The van der Waals surface area contributed by atoms with E-state index in [1.54, 1.807) is 25.1 Å². The van der Waals surface area contributed by atoms with E-state index in [0.717, 1.165) is 60.7 Å². The standard InChI is InChI=1S/C30H31F3N2O2.C14H20O4/c31-30(32,33)25-10-7-9-23(13-14-25)26-11-4-1-3-8-24(26)21-29(37)34-27-15-12-22(16-19-36)20-28(27)35-17-5-2-6-18-35;1-3-17-11-14(10-15,13(16)18-4-2)12-8-6-5-7-9-12/h1,3-4,7-9,12-15,19-20H,2,5-6,10-11,16-18,21H2,(H,34,37);5-9,15H,3-4,10-11H2,1-2H3. The normalized spacial score (nSPS) is 16.8. The van der Waals surface area contributed by atoms with Crippen molar-refractivity contribution >= 4 is 29.5 Å². The van der Waals surface area contributed by atoms with Gasteiger partial charge < -0.3 is 29.6 Å². The van der Waals surface area contributed by atoms with Gasteiger partial charge in [-0.2, -0.15) is 13.2 Å². The zero-order valence-corrected chi connectivity index (χ0v) is 31.6. The van der Waals surface area contributed by atoms with Gasteiger partial charge in [0.15, 0.2) is 0 Å². The summed E-state index contributed by atoms with van der Waals surface area (Å²) in [5.74, 6) is -0.655. The van der Waals surface area contributed by atoms with Gasteiger partial charge in [-0.25, -0.2) is 0 Å². The smallest absolute Gasteiger partial charge is 0.412 e. The molecule has 0 radical (unpaired) electrons. The number of carbonyl (C=O) groups excluding carboxylic acids is 3. The van der Waals surface area contributed by atoms with Crippen LogP contribution in [0.15, 0.2) is 119 Å². The third-order valence-corrected chi connectivity index (χ3v) is 9.58. The maximum atomic E-state index is 13.2. The van der Waals surface area contributed by atoms with Crippen LogP contribution in [-0.2, 0) is 35.7 Å². The fraction of sp³-hybridized carbons (Fsp3) is 0.386. The lowest BCUT2D eigenvalue weighted by molar-refractivity contribution is -0.155. The minimum Gasteiger partial charge on any atom is -0.465 e. The molecule has 3 aliphatic rings. The van der Waals surface area contributed by atoms with Gasteiger partial charge in [-0.05, 0) is 85.9 Å². The Bertz CT molecular complexity index is 1800. The van der Waals surface area contributed by atoms with Crippen LogP contribution >= 0.6 is 0 Å². The number of nitrogens with zero attached hydrogens (tertiary/aromatic N) is 1. The molecule has 0 bridgehead atoms. The van der Waals surface area contributed by atoms with Crippen LogP contribution in [0.1, 0.15) is 63.5 Å². The lowest BCUT2D eigenvalue weighted by atomic mass is 9.82. The van der Waals surface area contributed by atoms with Crippen LogP contribution in [-0.4, -0.2) is 69.0 Å². The van der Waals surface area contributed by atoms with Gasteiger partial charge in [-0.1, -0.05) is 85.0 Å². The number of hydrogen-bond donors (Lipinski definition) is 2. The molecule has 11 heteroatoms. The van der Waals surface area contributed by atoms with Crippen molar-refractivity contribution in [3.05, 3.63) is 131 Å². The summed E-state index contributed by atoms with van der Waals surface area (Å²) in [5.41, 5.74) is 3.76. The summed E-state index contributed by atoms with van der Waals surface area (Å²) in [4.78, 5) is 38.7. The number of aliphatic hydroxyl groups excluding tert-OH is 1. The monoisotopic (exact) mass is 760 g/mol. The number of hydrogen-bond acceptors (Lipinski definition) is 7. The Morgan fingerprint density at radius 1 is 0.927 bits per heavy atom. The number of amides is 1. The molecular formula is C44H51F3N2O6. The molecule has 2 aromatic carbocycles. The molecule has 294 valence electrons. The van der Waals surface area contributed by atoms with E-state index >= 15 is 0 Å². The molecule has 5 rings (SSSR count). The second kappa shape index (κ2) is 21.2. The number of halogens is 3. The molecule has 2 N–H and O–H groups in total. The number of allylic oxidation sites excluding steroid dienone is 11. The molecule has 2 aliphatic carbocycles. The highest BCUT2D eigenvalue weighted by atomic mass is 19.4. The van der Waals surface area contributed by atoms with Crippen molar-refractivity contribution in [2.75, 3.05) is 49.7 Å². The molecule has 1 fully saturated rings. The van der Waals surface area contributed by atoms with E-state index in [4.69, 9.17) is 9.47 Å². The zero-order valence-electron chi connectivity index (χ0n) is 31.6. The molecular weight excluding hydrogens is 709 g/mol. The van der Waals surface area contributed by atoms with Gasteiger partial charge in [0.25, 0.3) is 0 Å². The van der Waals surface area contributed by atoms with Crippen molar-refractivity contribution in [1.29, 1.82) is 0 Å². The van der Waals surface area contributed by atoms with E-state index in [1.807, 2.05) is 67.6 Å². The lowest BCUT2D eigenvalue weighted by Crippen LogP contribution is -2.45. The molecule has 1 unspecified atom stereocenters. The highest BCUT2D eigenvalue weighted by Crippen LogP contribution is 2.34. The number of aliphatic hydroxyl groups is 1. The Morgan fingerprint density at radius 2 is 1.69 bits per heavy atom. The maximum Gasteiger partial charge on any atom is 0.412 e. The summed E-state index contributed by atoms with van der Waals surface area (Å²) in [5, 5.41) is 12.7. The van der Waals surface area contributed by atoms with Crippen LogP contribution in [0.5, 0.6) is 0 Å². The van der Waals surface area contributed by atoms with Gasteiger partial charge in [0.05, 0.1) is 37.6 Å². The molecule has 0 spiro atoms. The molecule has 1 amide bonds. The topological polar surface area (TPSA) is 105 Å². The first-order chi connectivity index (χ1) is 26.6. The minimum atomic E-state index is -4.37. The zero-order chi connectivity index (χ0) is 39.7. The number of piperidine rings is 1. The fourth-order valence-electron chi connectivity index (χ4n) is 6.61. The number of benzene rings is 2. The molecule has 1 aliphatic heterocycles. The average molecular weight is 761 g/mol. The number of aldehydes is 1. The van der Waals surface area contributed by atoms with Crippen LogP contribution in [0.25, 0.3) is 0 Å². The molecule has 55 heavy (non-hydrogen) atoms. The van der Waals surface area contributed by atoms with E-state index in [0.29, 0.717) is 36.3 Å². The molecule has 0 saturated carbocycles. The van der Waals surface area contributed by atoms with Crippen LogP contribution < -0.4 is 10.2 Å². The van der Waals surface area contributed by atoms with Gasteiger partial charge >= 0.3 is 12.1 Å². The minimum absolute atomic E-state index is 0.0874. The number of alkyl halides is 3. The van der Waals surface area contributed by atoms with Crippen molar-refractivity contribution < 1.29 is 42.1 Å². The van der Waals surface area contributed by atoms with Gasteiger partial charge in [0, 0.05) is 31.7 Å². The van der Waals surface area contributed by atoms with Crippen molar-refractivity contribution in [2.24, 2.45) is 0 Å². The summed E-state index contributed by atoms with van der Waals surface area (Å²) in [6.45, 7) is 5.91. The van der Waals surface area contributed by atoms with E-state index in [1.165, 1.54) is 18.6 Å². The highest BCUT2D eigenvalue weighted by Gasteiger charge is 2.41.